The molecule has 0 bridgehead atoms. The Kier molecular flexibility index (Phi) is 8.28. The summed E-state index contributed by atoms with van der Waals surface area (Å²) in [7, 11) is 0. The second-order valence-corrected chi connectivity index (χ2v) is 4.64. The van der Waals surface area contributed by atoms with Crippen molar-refractivity contribution >= 4 is 12.3 Å². The Morgan fingerprint density at radius 2 is 1.61 bits per heavy atom. The molecule has 0 saturated heterocycles. The molecule has 1 aromatic rings. The monoisotopic (exact) mass is 322 g/mol. The number of hydrogen-bond donors (Lipinski definition) is 0. The Hall–Kier alpha value is -2.50. The molecular formula is C17H22O6. The Balaban J connectivity index is 2.60. The van der Waals surface area contributed by atoms with E-state index in [9.17, 15) is 9.59 Å². The topological polar surface area (TPSA) is 71.1 Å². The number of carbonyl (C=O) groups excluding carboxylic acids is 2. The molecule has 0 spiro atoms. The maximum absolute atomic E-state index is 11.5. The quantitative estimate of drug-likeness (QED) is 0.401. The highest BCUT2D eigenvalue weighted by Crippen LogP contribution is 2.22. The molecule has 0 radical (unpaired) electrons. The van der Waals surface area contributed by atoms with Crippen molar-refractivity contribution in [1.29, 1.82) is 0 Å². The van der Waals surface area contributed by atoms with E-state index < -0.39 is 18.4 Å². The van der Waals surface area contributed by atoms with Gasteiger partial charge in [0.1, 0.15) is 11.9 Å². The van der Waals surface area contributed by atoms with Crippen molar-refractivity contribution in [2.45, 2.75) is 32.8 Å². The minimum Gasteiger partial charge on any atom is -0.434 e. The molecule has 0 heterocycles. The molecule has 6 nitrogen and oxygen atoms in total. The largest absolute Gasteiger partial charge is 0.513 e. The first-order valence-electron chi connectivity index (χ1n) is 7.51. The van der Waals surface area contributed by atoms with Crippen LogP contribution in [0.3, 0.4) is 0 Å². The highest BCUT2D eigenvalue weighted by atomic mass is 16.7. The first-order valence-corrected chi connectivity index (χ1v) is 7.51. The van der Waals surface area contributed by atoms with Crippen LogP contribution in [0, 0.1) is 0 Å². The molecule has 0 aromatic heterocycles. The average Bonchev–Trinajstić information content (AvgIpc) is 2.56. The van der Waals surface area contributed by atoms with E-state index >= 15 is 0 Å². The van der Waals surface area contributed by atoms with Gasteiger partial charge < -0.3 is 18.9 Å². The van der Waals surface area contributed by atoms with E-state index in [1.807, 2.05) is 13.8 Å². The van der Waals surface area contributed by atoms with Crippen molar-refractivity contribution in [3.8, 4) is 5.75 Å². The van der Waals surface area contributed by atoms with Gasteiger partial charge in [0, 0.05) is 0 Å². The van der Waals surface area contributed by atoms with Crippen LogP contribution in [0.2, 0.25) is 0 Å². The molecule has 0 aliphatic carbocycles. The number of hydrogen-bond acceptors (Lipinski definition) is 6. The first-order chi connectivity index (χ1) is 11.1. The third-order valence-corrected chi connectivity index (χ3v) is 2.70. The fourth-order valence-corrected chi connectivity index (χ4v) is 1.61. The summed E-state index contributed by atoms with van der Waals surface area (Å²) in [6.45, 7) is 8.03. The summed E-state index contributed by atoms with van der Waals surface area (Å²) in [6.07, 6.45) is 0.785. The van der Waals surface area contributed by atoms with Crippen molar-refractivity contribution < 1.29 is 28.5 Å². The second kappa shape index (κ2) is 10.3. The zero-order valence-corrected chi connectivity index (χ0v) is 13.4. The lowest BCUT2D eigenvalue weighted by Crippen LogP contribution is -2.12. The molecule has 0 fully saturated rings. The van der Waals surface area contributed by atoms with Crippen LogP contribution >= 0.6 is 0 Å². The number of carbonyl (C=O) groups is 2. The predicted octanol–water partition coefficient (Wildman–Crippen LogP) is 4.40. The predicted molar refractivity (Wildman–Crippen MR) is 84.4 cm³/mol. The van der Waals surface area contributed by atoms with Gasteiger partial charge in [0.15, 0.2) is 0 Å². The molecule has 126 valence electrons. The molecule has 23 heavy (non-hydrogen) atoms. The van der Waals surface area contributed by atoms with Gasteiger partial charge in [-0.2, -0.15) is 0 Å². The minimum absolute atomic E-state index is 0.301. The van der Waals surface area contributed by atoms with Crippen LogP contribution in [-0.2, 0) is 14.2 Å². The standard InChI is InChI=1S/C17H22O6/c1-4-11-20-16(18)22-14-9-7-13(8-10-14)15(6-3)23-17(19)21-12-5-2/h6-10,15H,3-5,11-12H2,1-2H3/t15-/m0/s1. The maximum Gasteiger partial charge on any atom is 0.513 e. The van der Waals surface area contributed by atoms with Gasteiger partial charge >= 0.3 is 12.3 Å². The highest BCUT2D eigenvalue weighted by Gasteiger charge is 2.15. The third kappa shape index (κ3) is 6.86. The minimum atomic E-state index is -0.751. The lowest BCUT2D eigenvalue weighted by molar-refractivity contribution is 0.0369. The van der Waals surface area contributed by atoms with Gasteiger partial charge in [0.25, 0.3) is 0 Å². The third-order valence-electron chi connectivity index (χ3n) is 2.70. The zero-order valence-electron chi connectivity index (χ0n) is 13.4. The summed E-state index contributed by atoms with van der Waals surface area (Å²) in [4.78, 5) is 22.8. The van der Waals surface area contributed by atoms with Crippen LogP contribution < -0.4 is 4.74 Å². The van der Waals surface area contributed by atoms with Crippen LogP contribution in [0.15, 0.2) is 36.9 Å². The van der Waals surface area contributed by atoms with Crippen molar-refractivity contribution in [3.05, 3.63) is 42.5 Å². The van der Waals surface area contributed by atoms with E-state index in [1.165, 1.54) is 6.08 Å². The van der Waals surface area contributed by atoms with E-state index in [0.29, 0.717) is 30.9 Å². The van der Waals surface area contributed by atoms with E-state index in [0.717, 1.165) is 6.42 Å². The molecular weight excluding hydrogens is 300 g/mol. The number of benzene rings is 1. The molecule has 0 saturated carbocycles. The lowest BCUT2D eigenvalue weighted by atomic mass is 10.1. The van der Waals surface area contributed by atoms with Crippen molar-refractivity contribution in [2.75, 3.05) is 13.2 Å². The van der Waals surface area contributed by atoms with Gasteiger partial charge in [0.2, 0.25) is 0 Å². The van der Waals surface area contributed by atoms with Crippen LogP contribution in [0.1, 0.15) is 38.4 Å². The van der Waals surface area contributed by atoms with Gasteiger partial charge in [0.05, 0.1) is 13.2 Å². The lowest BCUT2D eigenvalue weighted by Gasteiger charge is -2.14. The molecule has 0 aliphatic rings. The molecule has 0 amide bonds. The summed E-state index contributed by atoms with van der Waals surface area (Å²) in [5, 5.41) is 0. The summed E-state index contributed by atoms with van der Waals surface area (Å²) in [5.41, 5.74) is 0.683. The molecule has 0 unspecified atom stereocenters. The Labute approximate surface area is 136 Å². The summed E-state index contributed by atoms with van der Waals surface area (Å²) in [5.74, 6) is 0.339. The first kappa shape index (κ1) is 18.5. The molecule has 0 aliphatic heterocycles. The Morgan fingerprint density at radius 3 is 2.13 bits per heavy atom. The number of ether oxygens (including phenoxy) is 4. The Bertz CT molecular complexity index is 508. The maximum atomic E-state index is 11.5. The summed E-state index contributed by atoms with van der Waals surface area (Å²) >= 11 is 0. The normalized spacial score (nSPS) is 11.2. The summed E-state index contributed by atoms with van der Waals surface area (Å²) in [6, 6.07) is 6.50. The van der Waals surface area contributed by atoms with E-state index in [1.54, 1.807) is 24.3 Å². The van der Waals surface area contributed by atoms with E-state index in [-0.39, 0.29) is 0 Å². The SMILES string of the molecule is C=C[C@H](OC(=O)OCCC)c1ccc(OC(=O)OCCC)cc1. The molecule has 6 heteroatoms. The fourth-order valence-electron chi connectivity index (χ4n) is 1.61. The van der Waals surface area contributed by atoms with E-state index in [4.69, 9.17) is 18.9 Å². The Morgan fingerprint density at radius 1 is 1.04 bits per heavy atom. The fraction of sp³-hybridized carbons (Fsp3) is 0.412. The summed E-state index contributed by atoms with van der Waals surface area (Å²) < 4.78 is 19.8. The van der Waals surface area contributed by atoms with E-state index in [2.05, 4.69) is 6.58 Å². The molecule has 1 aromatic carbocycles. The smallest absolute Gasteiger partial charge is 0.434 e. The van der Waals surface area contributed by atoms with Crippen LogP contribution in [-0.4, -0.2) is 25.5 Å². The molecule has 1 atom stereocenters. The van der Waals surface area contributed by atoms with Crippen molar-refractivity contribution in [1.82, 2.24) is 0 Å². The molecule has 0 N–H and O–H groups in total. The number of rotatable bonds is 8. The zero-order chi connectivity index (χ0) is 17.1. The van der Waals surface area contributed by atoms with Crippen LogP contribution in [0.25, 0.3) is 0 Å². The van der Waals surface area contributed by atoms with Crippen molar-refractivity contribution in [3.63, 3.8) is 0 Å². The van der Waals surface area contributed by atoms with Crippen molar-refractivity contribution in [2.24, 2.45) is 0 Å². The second-order valence-electron chi connectivity index (χ2n) is 4.64. The van der Waals surface area contributed by atoms with Gasteiger partial charge in [-0.3, -0.25) is 0 Å². The molecule has 1 rings (SSSR count). The van der Waals surface area contributed by atoms with Crippen LogP contribution in [0.4, 0.5) is 9.59 Å². The average molecular weight is 322 g/mol. The van der Waals surface area contributed by atoms with Crippen LogP contribution in [0.5, 0.6) is 5.75 Å². The van der Waals surface area contributed by atoms with Gasteiger partial charge in [-0.1, -0.05) is 32.6 Å². The van der Waals surface area contributed by atoms with Gasteiger partial charge in [-0.25, -0.2) is 9.59 Å². The van der Waals surface area contributed by atoms with Gasteiger partial charge in [-0.05, 0) is 36.6 Å². The van der Waals surface area contributed by atoms with Gasteiger partial charge in [-0.15, -0.1) is 0 Å². The highest BCUT2D eigenvalue weighted by molar-refractivity contribution is 5.64.